The van der Waals surface area contributed by atoms with Gasteiger partial charge in [0.05, 0.1) is 0 Å². The van der Waals surface area contributed by atoms with Crippen molar-refractivity contribution >= 4 is 17.3 Å². The van der Waals surface area contributed by atoms with E-state index in [0.29, 0.717) is 4.68 Å². The molecule has 3 N–H and O–H groups in total. The predicted octanol–water partition coefficient (Wildman–Crippen LogP) is 0.907. The summed E-state index contributed by atoms with van der Waals surface area (Å²) in [5, 5.41) is 6.20. The van der Waals surface area contributed by atoms with Gasteiger partial charge in [-0.15, -0.1) is 0 Å². The molecule has 13 heteroatoms. The molecule has 3 aromatic rings. The fraction of sp³-hybridized carbons (Fsp3) is 0.118. The van der Waals surface area contributed by atoms with Crippen molar-refractivity contribution in [2.75, 3.05) is 5.32 Å². The molecule has 0 radical (unpaired) electrons. The molecule has 0 saturated carbocycles. The third-order valence-electron chi connectivity index (χ3n) is 3.58. The van der Waals surface area contributed by atoms with Crippen LogP contribution in [0.3, 0.4) is 0 Å². The summed E-state index contributed by atoms with van der Waals surface area (Å²) in [5.41, 5.74) is 3.37. The predicted molar refractivity (Wildman–Crippen MR) is 89.4 cm³/mol. The molecule has 0 bridgehead atoms. The van der Waals surface area contributed by atoms with E-state index in [1.165, 1.54) is 42.5 Å². The first kappa shape index (κ1) is 21.9. The number of primary amides is 1. The third kappa shape index (κ3) is 5.20. The zero-order chi connectivity index (χ0) is 22.1. The van der Waals surface area contributed by atoms with E-state index >= 15 is 0 Å². The van der Waals surface area contributed by atoms with E-state index in [-0.39, 0.29) is 20.8 Å². The van der Waals surface area contributed by atoms with Gasteiger partial charge in [-0.25, -0.2) is 0 Å². The number of nitrogens with one attached hydrogen (secondary N) is 1. The number of carbonyl (C=O) groups is 1. The van der Waals surface area contributed by atoms with Gasteiger partial charge in [-0.1, -0.05) is 0 Å². The summed E-state index contributed by atoms with van der Waals surface area (Å²) >= 11 is -2.22. The van der Waals surface area contributed by atoms with Crippen LogP contribution in [0.25, 0.3) is 5.82 Å². The number of aromatic nitrogens is 3. The number of anilines is 2. The molecule has 0 saturated heterocycles. The van der Waals surface area contributed by atoms with Crippen LogP contribution in [-0.2, 0) is 6.18 Å². The Kier molecular flexibility index (Phi) is 5.92. The molecule has 0 aliphatic heterocycles. The van der Waals surface area contributed by atoms with Gasteiger partial charge in [-0.2, -0.15) is 0 Å². The van der Waals surface area contributed by atoms with Crippen molar-refractivity contribution in [3.63, 3.8) is 0 Å². The number of nitrogens with two attached hydrogens (primary N) is 1. The Morgan fingerprint density at radius 3 is 2.27 bits per heavy atom. The van der Waals surface area contributed by atoms with Crippen molar-refractivity contribution in [1.29, 1.82) is 0 Å². The van der Waals surface area contributed by atoms with Crippen LogP contribution >= 0.6 is 0 Å². The maximum absolute atomic E-state index is 13.7. The van der Waals surface area contributed by atoms with Gasteiger partial charge in [0.1, 0.15) is 0 Å². The molecule has 2 heterocycles. The average molecular weight is 542 g/mol. The molecule has 0 aliphatic carbocycles. The zero-order valence-corrected chi connectivity index (χ0v) is 16.7. The summed E-state index contributed by atoms with van der Waals surface area (Å²) in [6.45, 7) is 0. The molecule has 6 nitrogen and oxygen atoms in total. The van der Waals surface area contributed by atoms with E-state index in [1.807, 2.05) is 0 Å². The second kappa shape index (κ2) is 8.12. The SMILES string of the molecule is NC(=O)c1cccc(-n2ncc(Nc3ccc([I-]C(F)(F)F)cc3)c2C(F)(F)F)n1. The number of alkyl halides is 7. The molecule has 30 heavy (non-hydrogen) atoms. The molecule has 0 aliphatic rings. The molecule has 160 valence electrons. The molecule has 0 fully saturated rings. The summed E-state index contributed by atoms with van der Waals surface area (Å²) in [6, 6.07) is 8.69. The maximum atomic E-state index is 13.7. The van der Waals surface area contributed by atoms with E-state index in [4.69, 9.17) is 5.73 Å². The molecule has 3 rings (SSSR count). The fourth-order valence-electron chi connectivity index (χ4n) is 2.44. The van der Waals surface area contributed by atoms with Crippen LogP contribution in [0.5, 0.6) is 0 Å². The average Bonchev–Trinajstić information content (AvgIpc) is 3.06. The fourth-order valence-corrected chi connectivity index (χ4v) is 3.87. The molecule has 0 spiro atoms. The van der Waals surface area contributed by atoms with Gasteiger partial charge in [-0.3, -0.25) is 4.79 Å². The number of amides is 1. The van der Waals surface area contributed by atoms with E-state index in [9.17, 15) is 31.1 Å². The van der Waals surface area contributed by atoms with Gasteiger partial charge in [-0.05, 0) is 0 Å². The first-order valence-electron chi connectivity index (χ1n) is 7.96. The van der Waals surface area contributed by atoms with Crippen LogP contribution in [-0.4, -0.2) is 24.9 Å². The Hall–Kier alpha value is -2.84. The van der Waals surface area contributed by atoms with E-state index in [2.05, 4.69) is 15.4 Å². The number of nitrogens with zero attached hydrogens (tertiary/aromatic N) is 3. The van der Waals surface area contributed by atoms with E-state index in [0.717, 1.165) is 6.20 Å². The van der Waals surface area contributed by atoms with Crippen LogP contribution in [0.15, 0.2) is 48.7 Å². The molecule has 1 amide bonds. The Morgan fingerprint density at radius 2 is 1.70 bits per heavy atom. The van der Waals surface area contributed by atoms with Crippen LogP contribution in [0.1, 0.15) is 16.2 Å². The third-order valence-corrected chi connectivity index (χ3v) is 5.53. The number of halogens is 7. The van der Waals surface area contributed by atoms with E-state index < -0.39 is 48.9 Å². The number of carbonyl (C=O) groups excluding carboxylic acids is 1. The Bertz CT molecular complexity index is 1060. The number of pyridine rings is 1. The van der Waals surface area contributed by atoms with Gasteiger partial charge in [0, 0.05) is 0 Å². The normalized spacial score (nSPS) is 12.2. The van der Waals surface area contributed by atoms with Crippen LogP contribution in [0.2, 0.25) is 0 Å². The molecule has 0 atom stereocenters. The number of hydrogen-bond acceptors (Lipinski definition) is 4. The van der Waals surface area contributed by atoms with Crippen LogP contribution < -0.4 is 32.3 Å². The Labute approximate surface area is 175 Å². The van der Waals surface area contributed by atoms with Crippen molar-refractivity contribution in [3.8, 4) is 5.82 Å². The van der Waals surface area contributed by atoms with Gasteiger partial charge < -0.3 is 5.73 Å². The summed E-state index contributed by atoms with van der Waals surface area (Å²) in [6.07, 6.45) is -3.96. The van der Waals surface area contributed by atoms with Gasteiger partial charge >= 0.3 is 165 Å². The minimum atomic E-state index is -4.86. The second-order valence-corrected chi connectivity index (χ2v) is 8.72. The summed E-state index contributed by atoms with van der Waals surface area (Å²) in [4.78, 5) is 15.0. The monoisotopic (exact) mass is 542 g/mol. The molecule has 1 aromatic carbocycles. The van der Waals surface area contributed by atoms with Gasteiger partial charge in [0.25, 0.3) is 0 Å². The van der Waals surface area contributed by atoms with Crippen molar-refractivity contribution in [3.05, 3.63) is 63.6 Å². The molecule has 2 aromatic heterocycles. The first-order chi connectivity index (χ1) is 13.9. The van der Waals surface area contributed by atoms with Gasteiger partial charge in [0.15, 0.2) is 0 Å². The van der Waals surface area contributed by atoms with Crippen molar-refractivity contribution in [2.24, 2.45) is 5.73 Å². The van der Waals surface area contributed by atoms with Crippen molar-refractivity contribution in [1.82, 2.24) is 14.8 Å². The number of benzene rings is 1. The topological polar surface area (TPSA) is 85.8 Å². The van der Waals surface area contributed by atoms with Crippen LogP contribution in [0, 0.1) is 3.57 Å². The first-order valence-corrected chi connectivity index (χ1v) is 10.1. The number of rotatable bonds is 5. The molecular weight excluding hydrogens is 531 g/mol. The summed E-state index contributed by atoms with van der Waals surface area (Å²) < 4.78 is 74.8. The Morgan fingerprint density at radius 1 is 1.03 bits per heavy atom. The quantitative estimate of drug-likeness (QED) is 0.286. The van der Waals surface area contributed by atoms with Gasteiger partial charge in [0.2, 0.25) is 0 Å². The van der Waals surface area contributed by atoms with Crippen molar-refractivity contribution < 1.29 is 52.3 Å². The summed E-state index contributed by atoms with van der Waals surface area (Å²) in [5.74, 6) is -1.20. The van der Waals surface area contributed by atoms with E-state index in [1.54, 1.807) is 0 Å². The number of hydrogen-bond donors (Lipinski definition) is 2. The Balaban J connectivity index is 1.95. The second-order valence-electron chi connectivity index (χ2n) is 5.72. The molecule has 0 unspecified atom stereocenters. The standard InChI is InChI=1S/C17H11F6IN5O/c18-16(19,20)14-12(27-10-6-4-9(5-7-10)24-17(21,22)23)8-26-29(14)13-3-1-2-11(28-13)15(25)30/h1-8,27H,(H2,25,30)/q-1. The summed E-state index contributed by atoms with van der Waals surface area (Å²) in [7, 11) is 0. The zero-order valence-electron chi connectivity index (χ0n) is 14.6. The minimum absolute atomic E-state index is 0.0751. The molecular formula is C17H11F6IN5O-. The van der Waals surface area contributed by atoms with Crippen LogP contribution in [0.4, 0.5) is 37.7 Å². The van der Waals surface area contributed by atoms with Crippen molar-refractivity contribution in [2.45, 2.75) is 10.4 Å².